The number of amides is 2. The molecule has 2 amide bonds. The molecule has 0 aliphatic rings. The molecule has 0 aliphatic carbocycles. The summed E-state index contributed by atoms with van der Waals surface area (Å²) in [6.07, 6.45) is 0. The van der Waals surface area contributed by atoms with Crippen molar-refractivity contribution >= 4 is 35.0 Å². The lowest BCUT2D eigenvalue weighted by atomic mass is 10.1. The molecule has 0 saturated heterocycles. The van der Waals surface area contributed by atoms with Crippen LogP contribution in [0.25, 0.3) is 0 Å². The van der Waals surface area contributed by atoms with Crippen molar-refractivity contribution in [1.82, 2.24) is 10.6 Å². The van der Waals surface area contributed by atoms with Gasteiger partial charge < -0.3 is 10.6 Å². The summed E-state index contributed by atoms with van der Waals surface area (Å²) in [6, 6.07) is 12.0. The van der Waals surface area contributed by atoms with Gasteiger partial charge in [0, 0.05) is 23.7 Å². The molecular formula is C17H16Cl2N2O2. The van der Waals surface area contributed by atoms with E-state index in [1.807, 2.05) is 25.1 Å². The standard InChI is InChI=1S/C17H16Cl2N2O2/c1-11-4-2-3-5-13(11)16(22)20-8-9-21-17(23)14-7-6-12(18)10-15(14)19/h2-7,10H,8-9H2,1H3,(H,20,22)(H,21,23). The summed E-state index contributed by atoms with van der Waals surface area (Å²) < 4.78 is 0. The van der Waals surface area contributed by atoms with Crippen LogP contribution in [0.1, 0.15) is 26.3 Å². The third kappa shape index (κ3) is 4.71. The zero-order chi connectivity index (χ0) is 16.8. The van der Waals surface area contributed by atoms with Crippen LogP contribution in [0.2, 0.25) is 10.0 Å². The van der Waals surface area contributed by atoms with Crippen LogP contribution in [0.3, 0.4) is 0 Å². The smallest absolute Gasteiger partial charge is 0.252 e. The van der Waals surface area contributed by atoms with Gasteiger partial charge in [-0.15, -0.1) is 0 Å². The molecule has 0 aromatic heterocycles. The minimum absolute atomic E-state index is 0.165. The van der Waals surface area contributed by atoms with Gasteiger partial charge in [-0.2, -0.15) is 0 Å². The van der Waals surface area contributed by atoms with Crippen molar-refractivity contribution in [2.24, 2.45) is 0 Å². The van der Waals surface area contributed by atoms with Crippen LogP contribution < -0.4 is 10.6 Å². The molecule has 0 fully saturated rings. The molecule has 0 radical (unpaired) electrons. The predicted octanol–water partition coefficient (Wildman–Crippen LogP) is 3.46. The van der Waals surface area contributed by atoms with Crippen molar-refractivity contribution < 1.29 is 9.59 Å². The molecule has 2 aromatic carbocycles. The van der Waals surface area contributed by atoms with Gasteiger partial charge in [-0.3, -0.25) is 9.59 Å². The van der Waals surface area contributed by atoms with Crippen LogP contribution in [-0.4, -0.2) is 24.9 Å². The number of carbonyl (C=O) groups is 2. The highest BCUT2D eigenvalue weighted by Gasteiger charge is 2.11. The fourth-order valence-corrected chi connectivity index (χ4v) is 2.54. The number of benzene rings is 2. The Morgan fingerprint density at radius 2 is 1.52 bits per heavy atom. The first-order chi connectivity index (χ1) is 11.0. The Morgan fingerprint density at radius 1 is 0.913 bits per heavy atom. The minimum Gasteiger partial charge on any atom is -0.350 e. The molecule has 2 N–H and O–H groups in total. The van der Waals surface area contributed by atoms with Crippen molar-refractivity contribution in [3.05, 3.63) is 69.2 Å². The van der Waals surface area contributed by atoms with Crippen molar-refractivity contribution in [3.8, 4) is 0 Å². The zero-order valence-corrected chi connectivity index (χ0v) is 14.0. The van der Waals surface area contributed by atoms with Crippen LogP contribution in [0, 0.1) is 6.92 Å². The molecule has 0 heterocycles. The zero-order valence-electron chi connectivity index (χ0n) is 12.5. The monoisotopic (exact) mass is 350 g/mol. The lowest BCUT2D eigenvalue weighted by Gasteiger charge is -2.09. The summed E-state index contributed by atoms with van der Waals surface area (Å²) >= 11 is 11.8. The van der Waals surface area contributed by atoms with Crippen LogP contribution in [0.5, 0.6) is 0 Å². The summed E-state index contributed by atoms with van der Waals surface area (Å²) in [7, 11) is 0. The van der Waals surface area contributed by atoms with Crippen molar-refractivity contribution in [1.29, 1.82) is 0 Å². The molecule has 0 saturated carbocycles. The molecule has 0 unspecified atom stereocenters. The van der Waals surface area contributed by atoms with Gasteiger partial charge in [0.15, 0.2) is 0 Å². The second-order valence-electron chi connectivity index (χ2n) is 4.95. The normalized spacial score (nSPS) is 10.2. The molecular weight excluding hydrogens is 335 g/mol. The van der Waals surface area contributed by atoms with Gasteiger partial charge in [0.1, 0.15) is 0 Å². The summed E-state index contributed by atoms with van der Waals surface area (Å²) in [5.41, 5.74) is 1.88. The summed E-state index contributed by atoms with van der Waals surface area (Å²) in [5, 5.41) is 6.22. The van der Waals surface area contributed by atoms with Gasteiger partial charge in [0.05, 0.1) is 10.6 Å². The molecule has 0 spiro atoms. The third-order valence-corrected chi connectivity index (χ3v) is 3.81. The molecule has 0 aliphatic heterocycles. The van der Waals surface area contributed by atoms with Crippen LogP contribution >= 0.6 is 23.2 Å². The van der Waals surface area contributed by atoms with E-state index in [2.05, 4.69) is 10.6 Å². The number of hydrogen-bond donors (Lipinski definition) is 2. The Morgan fingerprint density at radius 3 is 2.13 bits per heavy atom. The largest absolute Gasteiger partial charge is 0.350 e. The van der Waals surface area contributed by atoms with Gasteiger partial charge in [0.25, 0.3) is 11.8 Å². The van der Waals surface area contributed by atoms with E-state index in [1.165, 1.54) is 6.07 Å². The maximum Gasteiger partial charge on any atom is 0.252 e. The molecule has 0 atom stereocenters. The molecule has 23 heavy (non-hydrogen) atoms. The molecule has 2 rings (SSSR count). The predicted molar refractivity (Wildman–Crippen MR) is 92.3 cm³/mol. The number of rotatable bonds is 5. The number of halogens is 2. The Balaban J connectivity index is 1.82. The number of aryl methyl sites for hydroxylation is 1. The highest BCUT2D eigenvalue weighted by Crippen LogP contribution is 2.20. The molecule has 120 valence electrons. The summed E-state index contributed by atoms with van der Waals surface area (Å²) in [4.78, 5) is 24.0. The van der Waals surface area contributed by atoms with E-state index in [-0.39, 0.29) is 11.8 Å². The quantitative estimate of drug-likeness (QED) is 0.811. The van der Waals surface area contributed by atoms with Gasteiger partial charge >= 0.3 is 0 Å². The summed E-state index contributed by atoms with van der Waals surface area (Å²) in [5.74, 6) is -0.473. The highest BCUT2D eigenvalue weighted by molar-refractivity contribution is 6.36. The number of nitrogens with one attached hydrogen (secondary N) is 2. The molecule has 6 heteroatoms. The first-order valence-corrected chi connectivity index (χ1v) is 7.81. The maximum atomic E-state index is 12.0. The number of carbonyl (C=O) groups excluding carboxylic acids is 2. The average Bonchev–Trinajstić information content (AvgIpc) is 2.51. The van der Waals surface area contributed by atoms with Crippen LogP contribution in [0.4, 0.5) is 0 Å². The molecule has 4 nitrogen and oxygen atoms in total. The second kappa shape index (κ2) is 7.99. The fourth-order valence-electron chi connectivity index (χ4n) is 2.04. The van der Waals surface area contributed by atoms with E-state index < -0.39 is 0 Å². The minimum atomic E-state index is -0.309. The first kappa shape index (κ1) is 17.3. The lowest BCUT2D eigenvalue weighted by molar-refractivity contribution is 0.0927. The first-order valence-electron chi connectivity index (χ1n) is 7.06. The van der Waals surface area contributed by atoms with Gasteiger partial charge in [-0.1, -0.05) is 41.4 Å². The van der Waals surface area contributed by atoms with E-state index in [0.29, 0.717) is 34.3 Å². The Kier molecular flexibility index (Phi) is 6.02. The van der Waals surface area contributed by atoms with E-state index in [1.54, 1.807) is 18.2 Å². The topological polar surface area (TPSA) is 58.2 Å². The lowest BCUT2D eigenvalue weighted by Crippen LogP contribution is -2.35. The second-order valence-corrected chi connectivity index (χ2v) is 5.79. The van der Waals surface area contributed by atoms with Crippen molar-refractivity contribution in [3.63, 3.8) is 0 Å². The summed E-state index contributed by atoms with van der Waals surface area (Å²) in [6.45, 7) is 2.50. The van der Waals surface area contributed by atoms with E-state index in [0.717, 1.165) is 5.56 Å². The SMILES string of the molecule is Cc1ccccc1C(=O)NCCNC(=O)c1ccc(Cl)cc1Cl. The number of hydrogen-bond acceptors (Lipinski definition) is 2. The van der Waals surface area contributed by atoms with Gasteiger partial charge in [0.2, 0.25) is 0 Å². The van der Waals surface area contributed by atoms with E-state index in [9.17, 15) is 9.59 Å². The average molecular weight is 351 g/mol. The van der Waals surface area contributed by atoms with E-state index >= 15 is 0 Å². The molecule has 2 aromatic rings. The van der Waals surface area contributed by atoms with Crippen molar-refractivity contribution in [2.45, 2.75) is 6.92 Å². The van der Waals surface area contributed by atoms with Crippen LogP contribution in [-0.2, 0) is 0 Å². The Hall–Kier alpha value is -2.04. The molecule has 0 bridgehead atoms. The Bertz CT molecular complexity index is 732. The van der Waals surface area contributed by atoms with Gasteiger partial charge in [-0.05, 0) is 36.8 Å². The Labute approximate surface area is 144 Å². The van der Waals surface area contributed by atoms with E-state index in [4.69, 9.17) is 23.2 Å². The van der Waals surface area contributed by atoms with Crippen molar-refractivity contribution in [2.75, 3.05) is 13.1 Å². The van der Waals surface area contributed by atoms with Crippen LogP contribution in [0.15, 0.2) is 42.5 Å². The maximum absolute atomic E-state index is 12.0. The fraction of sp³-hybridized carbons (Fsp3) is 0.176. The van der Waals surface area contributed by atoms with Gasteiger partial charge in [-0.25, -0.2) is 0 Å². The highest BCUT2D eigenvalue weighted by atomic mass is 35.5. The third-order valence-electron chi connectivity index (χ3n) is 3.26.